The van der Waals surface area contributed by atoms with Gasteiger partial charge in [0.05, 0.1) is 22.0 Å². The van der Waals surface area contributed by atoms with E-state index < -0.39 is 16.1 Å². The van der Waals surface area contributed by atoms with Crippen LogP contribution < -0.4 is 9.62 Å². The highest BCUT2D eigenvalue weighted by Gasteiger charge is 2.28. The van der Waals surface area contributed by atoms with Crippen molar-refractivity contribution in [2.24, 2.45) is 0 Å². The molecule has 0 saturated carbocycles. The number of anilines is 1. The number of hydrogen-bond acceptors (Lipinski definition) is 4. The molecule has 0 saturated heterocycles. The van der Waals surface area contributed by atoms with Gasteiger partial charge >= 0.3 is 0 Å². The molecule has 0 radical (unpaired) electrons. The molecule has 2 rings (SSSR count). The van der Waals surface area contributed by atoms with E-state index in [9.17, 15) is 18.0 Å². The minimum Gasteiger partial charge on any atom is -0.355 e. The number of nitrogens with one attached hydrogen (secondary N) is 1. The molecule has 10 heteroatoms. The average molecular weight is 557 g/mol. The summed E-state index contributed by atoms with van der Waals surface area (Å²) in [5.74, 6) is -0.478. The average Bonchev–Trinajstić information content (AvgIpc) is 2.80. The van der Waals surface area contributed by atoms with E-state index >= 15 is 0 Å². The van der Waals surface area contributed by atoms with Gasteiger partial charge in [-0.3, -0.25) is 13.9 Å². The highest BCUT2D eigenvalue weighted by Crippen LogP contribution is 2.25. The van der Waals surface area contributed by atoms with Crippen molar-refractivity contribution in [3.63, 3.8) is 0 Å². The molecular weight excluding hydrogens is 521 g/mol. The fraction of sp³-hybridized carbons (Fsp3) is 0.462. The van der Waals surface area contributed by atoms with E-state index in [4.69, 9.17) is 23.2 Å². The van der Waals surface area contributed by atoms with Crippen LogP contribution in [0, 0.1) is 13.8 Å². The van der Waals surface area contributed by atoms with Gasteiger partial charge in [0, 0.05) is 26.1 Å². The third-order valence-corrected chi connectivity index (χ3v) is 7.94. The summed E-state index contributed by atoms with van der Waals surface area (Å²) >= 11 is 12.2. The first-order valence-electron chi connectivity index (χ1n) is 11.9. The van der Waals surface area contributed by atoms with Crippen LogP contribution in [0.2, 0.25) is 10.0 Å². The van der Waals surface area contributed by atoms with Crippen molar-refractivity contribution >= 4 is 50.7 Å². The molecule has 0 fully saturated rings. The number of amides is 2. The Morgan fingerprint density at radius 1 is 1.00 bits per heavy atom. The molecule has 2 aromatic rings. The second-order valence-electron chi connectivity index (χ2n) is 8.80. The van der Waals surface area contributed by atoms with Crippen molar-refractivity contribution in [3.8, 4) is 0 Å². The van der Waals surface area contributed by atoms with Crippen LogP contribution in [0.25, 0.3) is 0 Å². The molecule has 0 aliphatic carbocycles. The number of aryl methyl sites for hydroxylation is 2. The zero-order valence-electron chi connectivity index (χ0n) is 21.5. The maximum absolute atomic E-state index is 13.4. The predicted molar refractivity (Wildman–Crippen MR) is 147 cm³/mol. The van der Waals surface area contributed by atoms with Gasteiger partial charge in [0.25, 0.3) is 0 Å². The van der Waals surface area contributed by atoms with Crippen LogP contribution in [-0.4, -0.2) is 50.5 Å². The Kier molecular flexibility index (Phi) is 11.1. The highest BCUT2D eigenvalue weighted by atomic mass is 35.5. The summed E-state index contributed by atoms with van der Waals surface area (Å²) in [6, 6.07) is 9.91. The summed E-state index contributed by atoms with van der Waals surface area (Å²) in [6.45, 7) is 8.33. The molecule has 2 aromatic carbocycles. The van der Waals surface area contributed by atoms with E-state index in [1.54, 1.807) is 24.3 Å². The summed E-state index contributed by atoms with van der Waals surface area (Å²) in [5, 5.41) is 3.57. The Hall–Kier alpha value is -2.29. The largest absolute Gasteiger partial charge is 0.355 e. The first-order valence-corrected chi connectivity index (χ1v) is 14.6. The zero-order valence-corrected chi connectivity index (χ0v) is 23.8. The number of likely N-dealkylation sites (N-methyl/N-ethyl adjacent to an activating group) is 1. The zero-order chi connectivity index (χ0) is 27.0. The monoisotopic (exact) mass is 555 g/mol. The van der Waals surface area contributed by atoms with Crippen LogP contribution in [0.5, 0.6) is 0 Å². The molecule has 0 aliphatic heterocycles. The third kappa shape index (κ3) is 8.11. The standard InChI is InChI=1S/C26H35Cl2N3O4S/c1-6-24(26(33)29-7-2)30(17-20-11-13-22(27)23(28)16-20)25(32)9-8-14-31(36(5,34)35)21-12-10-18(3)19(4)15-21/h10-13,15-16,24H,6-9,14,17H2,1-5H3,(H,29,33)/t24-/m1/s1. The van der Waals surface area contributed by atoms with Crippen LogP contribution >= 0.6 is 23.2 Å². The van der Waals surface area contributed by atoms with Gasteiger partial charge in [-0.1, -0.05) is 42.3 Å². The molecule has 0 spiro atoms. The van der Waals surface area contributed by atoms with E-state index in [0.29, 0.717) is 35.1 Å². The SMILES string of the molecule is CCNC(=O)[C@@H](CC)N(Cc1ccc(Cl)c(Cl)c1)C(=O)CCCN(c1ccc(C)c(C)c1)S(C)(=O)=O. The first kappa shape index (κ1) is 29.9. The van der Waals surface area contributed by atoms with Gasteiger partial charge in [0.1, 0.15) is 6.04 Å². The number of sulfonamides is 1. The smallest absolute Gasteiger partial charge is 0.242 e. The van der Waals surface area contributed by atoms with E-state index in [2.05, 4.69) is 5.32 Å². The fourth-order valence-corrected chi connectivity index (χ4v) is 5.21. The highest BCUT2D eigenvalue weighted by molar-refractivity contribution is 7.92. The van der Waals surface area contributed by atoms with Gasteiger partial charge < -0.3 is 10.2 Å². The normalized spacial score (nSPS) is 12.2. The first-order chi connectivity index (χ1) is 16.9. The molecule has 0 aromatic heterocycles. The third-order valence-electron chi connectivity index (χ3n) is 6.00. The molecular formula is C26H35Cl2N3O4S. The second-order valence-corrected chi connectivity index (χ2v) is 11.5. The molecule has 1 atom stereocenters. The number of benzene rings is 2. The molecule has 7 nitrogen and oxygen atoms in total. The minimum absolute atomic E-state index is 0.0775. The van der Waals surface area contributed by atoms with E-state index in [0.717, 1.165) is 22.9 Å². The van der Waals surface area contributed by atoms with Gasteiger partial charge in [-0.2, -0.15) is 0 Å². The van der Waals surface area contributed by atoms with Crippen LogP contribution in [0.1, 0.15) is 49.8 Å². The van der Waals surface area contributed by atoms with Crippen LogP contribution in [0.4, 0.5) is 5.69 Å². The van der Waals surface area contributed by atoms with Gasteiger partial charge in [-0.05, 0) is 74.6 Å². The Bertz CT molecular complexity index is 1190. The van der Waals surface area contributed by atoms with Gasteiger partial charge in [-0.15, -0.1) is 0 Å². The second kappa shape index (κ2) is 13.3. The molecule has 1 N–H and O–H groups in total. The van der Waals surface area contributed by atoms with Crippen LogP contribution in [0.3, 0.4) is 0 Å². The van der Waals surface area contributed by atoms with Crippen molar-refractivity contribution in [2.45, 2.75) is 59.5 Å². The van der Waals surface area contributed by atoms with E-state index in [1.165, 1.54) is 9.21 Å². The van der Waals surface area contributed by atoms with Crippen LogP contribution in [-0.2, 0) is 26.2 Å². The number of carbonyl (C=O) groups excluding carboxylic acids is 2. The number of rotatable bonds is 12. The predicted octanol–water partition coefficient (Wildman–Crippen LogP) is 5.10. The lowest BCUT2D eigenvalue weighted by Gasteiger charge is -2.31. The van der Waals surface area contributed by atoms with E-state index in [1.807, 2.05) is 39.8 Å². The van der Waals surface area contributed by atoms with Gasteiger partial charge in [0.15, 0.2) is 0 Å². The molecule has 2 amide bonds. The molecule has 0 unspecified atom stereocenters. The minimum atomic E-state index is -3.55. The maximum Gasteiger partial charge on any atom is 0.242 e. The van der Waals surface area contributed by atoms with Crippen molar-refractivity contribution in [2.75, 3.05) is 23.7 Å². The lowest BCUT2D eigenvalue weighted by molar-refractivity contribution is -0.141. The quantitative estimate of drug-likeness (QED) is 0.394. The van der Waals surface area contributed by atoms with Crippen molar-refractivity contribution in [1.29, 1.82) is 0 Å². The Labute approximate surface area is 224 Å². The van der Waals surface area contributed by atoms with Crippen molar-refractivity contribution < 1.29 is 18.0 Å². The van der Waals surface area contributed by atoms with Crippen molar-refractivity contribution in [1.82, 2.24) is 10.2 Å². The lowest BCUT2D eigenvalue weighted by Crippen LogP contribution is -2.49. The van der Waals surface area contributed by atoms with Crippen molar-refractivity contribution in [3.05, 3.63) is 63.1 Å². The Morgan fingerprint density at radius 2 is 1.69 bits per heavy atom. The molecule has 198 valence electrons. The van der Waals surface area contributed by atoms with Gasteiger partial charge in [-0.25, -0.2) is 8.42 Å². The van der Waals surface area contributed by atoms with Crippen LogP contribution in [0.15, 0.2) is 36.4 Å². The number of hydrogen-bond donors (Lipinski definition) is 1. The number of halogens is 2. The molecule has 0 heterocycles. The van der Waals surface area contributed by atoms with E-state index in [-0.39, 0.29) is 31.3 Å². The number of nitrogens with zero attached hydrogens (tertiary/aromatic N) is 2. The van der Waals surface area contributed by atoms with Gasteiger partial charge in [0.2, 0.25) is 21.8 Å². The lowest BCUT2D eigenvalue weighted by atomic mass is 10.1. The molecule has 0 bridgehead atoms. The summed E-state index contributed by atoms with van der Waals surface area (Å²) in [5.41, 5.74) is 3.36. The maximum atomic E-state index is 13.4. The topological polar surface area (TPSA) is 86.8 Å². The summed E-state index contributed by atoms with van der Waals surface area (Å²) in [4.78, 5) is 27.7. The Balaban J connectivity index is 2.24. The molecule has 0 aliphatic rings. The Morgan fingerprint density at radius 3 is 2.25 bits per heavy atom. The summed E-state index contributed by atoms with van der Waals surface area (Å²) in [6.07, 6.45) is 1.95. The summed E-state index contributed by atoms with van der Waals surface area (Å²) < 4.78 is 26.3. The molecule has 36 heavy (non-hydrogen) atoms. The summed E-state index contributed by atoms with van der Waals surface area (Å²) in [7, 11) is -3.55. The fourth-order valence-electron chi connectivity index (χ4n) is 3.93. The number of carbonyl (C=O) groups is 2.